The number of anilines is 1. The molecule has 3 aromatic rings. The fraction of sp³-hybridized carbons (Fsp3) is 0.294. The Hall–Kier alpha value is -3.16. The molecule has 0 fully saturated rings. The van der Waals surface area contributed by atoms with E-state index in [1.807, 2.05) is 26.1 Å². The Balaban J connectivity index is 1.52. The molecule has 25 heavy (non-hydrogen) atoms. The minimum Gasteiger partial charge on any atom is -0.466 e. The third-order valence-corrected chi connectivity index (χ3v) is 3.61. The van der Waals surface area contributed by atoms with Crippen LogP contribution in [0.15, 0.2) is 35.1 Å². The van der Waals surface area contributed by atoms with Crippen LogP contribution in [0.1, 0.15) is 27.6 Å². The van der Waals surface area contributed by atoms with Crippen molar-refractivity contribution < 1.29 is 9.21 Å². The van der Waals surface area contributed by atoms with E-state index in [2.05, 4.69) is 25.7 Å². The van der Waals surface area contributed by atoms with E-state index in [1.165, 1.54) is 6.33 Å². The summed E-state index contributed by atoms with van der Waals surface area (Å²) < 4.78 is 7.06. The molecule has 3 aromatic heterocycles. The number of aromatic nitrogens is 4. The molecule has 0 aliphatic carbocycles. The van der Waals surface area contributed by atoms with Gasteiger partial charge in [0.25, 0.3) is 5.91 Å². The zero-order valence-corrected chi connectivity index (χ0v) is 14.4. The monoisotopic (exact) mass is 340 g/mol. The van der Waals surface area contributed by atoms with Crippen LogP contribution in [0.25, 0.3) is 5.82 Å². The van der Waals surface area contributed by atoms with Crippen LogP contribution in [0.3, 0.4) is 0 Å². The molecule has 0 aromatic carbocycles. The van der Waals surface area contributed by atoms with Crippen molar-refractivity contribution in [3.63, 3.8) is 0 Å². The van der Waals surface area contributed by atoms with Crippen molar-refractivity contribution in [2.75, 3.05) is 18.4 Å². The molecule has 8 heteroatoms. The van der Waals surface area contributed by atoms with E-state index >= 15 is 0 Å². The average molecular weight is 340 g/mol. The number of rotatable bonds is 6. The molecule has 3 rings (SSSR count). The number of nitrogens with one attached hydrogen (secondary N) is 2. The van der Waals surface area contributed by atoms with Crippen molar-refractivity contribution >= 4 is 11.7 Å². The van der Waals surface area contributed by atoms with Gasteiger partial charge in [0.15, 0.2) is 5.82 Å². The maximum absolute atomic E-state index is 12.1. The predicted molar refractivity (Wildman–Crippen MR) is 92.9 cm³/mol. The molecule has 130 valence electrons. The largest absolute Gasteiger partial charge is 0.466 e. The van der Waals surface area contributed by atoms with Crippen molar-refractivity contribution in [1.82, 2.24) is 25.1 Å². The lowest BCUT2D eigenvalue weighted by molar-refractivity contribution is 0.0953. The predicted octanol–water partition coefficient (Wildman–Crippen LogP) is 2.02. The second kappa shape index (κ2) is 7.16. The van der Waals surface area contributed by atoms with Crippen molar-refractivity contribution in [3.05, 3.63) is 53.5 Å². The molecule has 0 atom stereocenters. The van der Waals surface area contributed by atoms with Gasteiger partial charge in [-0.2, -0.15) is 5.10 Å². The topological polar surface area (TPSA) is 97.9 Å². The smallest absolute Gasteiger partial charge is 0.254 e. The summed E-state index contributed by atoms with van der Waals surface area (Å²) in [5, 5.41) is 10.3. The standard InChI is InChI=1S/C17H20N6O2/c1-11-4-7-23(22-11)16-9-15(20-10-21-16)18-5-6-19-17(24)14-8-12(2)25-13(14)3/h4,7-10H,5-6H2,1-3H3,(H,19,24)(H,18,20,21). The third-order valence-electron chi connectivity index (χ3n) is 3.61. The van der Waals surface area contributed by atoms with E-state index in [1.54, 1.807) is 23.7 Å². The van der Waals surface area contributed by atoms with E-state index in [-0.39, 0.29) is 5.91 Å². The molecule has 1 amide bonds. The van der Waals surface area contributed by atoms with Gasteiger partial charge in [0.2, 0.25) is 0 Å². The van der Waals surface area contributed by atoms with Crippen LogP contribution < -0.4 is 10.6 Å². The molecule has 3 heterocycles. The highest BCUT2D eigenvalue weighted by molar-refractivity contribution is 5.95. The van der Waals surface area contributed by atoms with Crippen molar-refractivity contribution in [2.24, 2.45) is 0 Å². The first-order valence-electron chi connectivity index (χ1n) is 7.97. The first-order valence-corrected chi connectivity index (χ1v) is 7.97. The number of hydrogen-bond acceptors (Lipinski definition) is 6. The number of carbonyl (C=O) groups excluding carboxylic acids is 1. The Labute approximate surface area is 145 Å². The van der Waals surface area contributed by atoms with E-state index in [0.717, 1.165) is 11.5 Å². The van der Waals surface area contributed by atoms with Gasteiger partial charge in [-0.3, -0.25) is 4.79 Å². The minimum atomic E-state index is -0.147. The van der Waals surface area contributed by atoms with Gasteiger partial charge < -0.3 is 15.1 Å². The third kappa shape index (κ3) is 4.03. The van der Waals surface area contributed by atoms with Gasteiger partial charge in [0.1, 0.15) is 23.7 Å². The van der Waals surface area contributed by atoms with Crippen LogP contribution >= 0.6 is 0 Å². The zero-order valence-electron chi connectivity index (χ0n) is 14.4. The van der Waals surface area contributed by atoms with Crippen molar-refractivity contribution in [1.29, 1.82) is 0 Å². The summed E-state index contributed by atoms with van der Waals surface area (Å²) >= 11 is 0. The number of furan rings is 1. The quantitative estimate of drug-likeness (QED) is 0.666. The Kier molecular flexibility index (Phi) is 4.78. The molecule has 0 radical (unpaired) electrons. The van der Waals surface area contributed by atoms with Gasteiger partial charge >= 0.3 is 0 Å². The summed E-state index contributed by atoms with van der Waals surface area (Å²) in [6, 6.07) is 5.45. The highest BCUT2D eigenvalue weighted by atomic mass is 16.3. The number of carbonyl (C=O) groups is 1. The van der Waals surface area contributed by atoms with Crippen LogP contribution in [0, 0.1) is 20.8 Å². The first-order chi connectivity index (χ1) is 12.0. The maximum atomic E-state index is 12.1. The maximum Gasteiger partial charge on any atom is 0.254 e. The second-order valence-electron chi connectivity index (χ2n) is 5.67. The molecule has 0 aliphatic rings. The Morgan fingerprint density at radius 1 is 1.20 bits per heavy atom. The molecule has 8 nitrogen and oxygen atoms in total. The molecule has 2 N–H and O–H groups in total. The Morgan fingerprint density at radius 2 is 2.04 bits per heavy atom. The van der Waals surface area contributed by atoms with Crippen LogP contribution in [-0.2, 0) is 0 Å². The summed E-state index contributed by atoms with van der Waals surface area (Å²) in [5.74, 6) is 2.55. The summed E-state index contributed by atoms with van der Waals surface area (Å²) in [7, 11) is 0. The molecule has 0 saturated carbocycles. The van der Waals surface area contributed by atoms with Crippen molar-refractivity contribution in [2.45, 2.75) is 20.8 Å². The Bertz CT molecular complexity index is 883. The summed E-state index contributed by atoms with van der Waals surface area (Å²) in [6.45, 7) is 6.51. The molecule has 0 spiro atoms. The molecule has 0 bridgehead atoms. The van der Waals surface area contributed by atoms with Gasteiger partial charge in [-0.05, 0) is 32.9 Å². The summed E-state index contributed by atoms with van der Waals surface area (Å²) in [6.07, 6.45) is 3.32. The van der Waals surface area contributed by atoms with E-state index in [4.69, 9.17) is 4.42 Å². The van der Waals surface area contributed by atoms with E-state index in [9.17, 15) is 4.79 Å². The molecular formula is C17H20N6O2. The number of amides is 1. The van der Waals surface area contributed by atoms with Gasteiger partial charge in [-0.25, -0.2) is 14.6 Å². The zero-order chi connectivity index (χ0) is 17.8. The highest BCUT2D eigenvalue weighted by Gasteiger charge is 2.12. The molecule has 0 unspecified atom stereocenters. The SMILES string of the molecule is Cc1ccn(-c2cc(NCCNC(=O)c3cc(C)oc3C)ncn2)n1. The van der Waals surface area contributed by atoms with Gasteiger partial charge in [-0.1, -0.05) is 0 Å². The van der Waals surface area contributed by atoms with Crippen LogP contribution in [0.5, 0.6) is 0 Å². The lowest BCUT2D eigenvalue weighted by atomic mass is 10.2. The van der Waals surface area contributed by atoms with Crippen LogP contribution in [-0.4, -0.2) is 38.7 Å². The summed E-state index contributed by atoms with van der Waals surface area (Å²) in [5.41, 5.74) is 1.48. The van der Waals surface area contributed by atoms with E-state index < -0.39 is 0 Å². The van der Waals surface area contributed by atoms with Gasteiger partial charge in [0.05, 0.1) is 11.3 Å². The van der Waals surface area contributed by atoms with Crippen LogP contribution in [0.4, 0.5) is 5.82 Å². The molecular weight excluding hydrogens is 320 g/mol. The minimum absolute atomic E-state index is 0.147. The molecule has 0 aliphatic heterocycles. The van der Waals surface area contributed by atoms with E-state index in [0.29, 0.717) is 36.0 Å². The van der Waals surface area contributed by atoms with Gasteiger partial charge in [0, 0.05) is 25.4 Å². The molecule has 0 saturated heterocycles. The lowest BCUT2D eigenvalue weighted by Gasteiger charge is -2.08. The van der Waals surface area contributed by atoms with Crippen LogP contribution in [0.2, 0.25) is 0 Å². The fourth-order valence-electron chi connectivity index (χ4n) is 2.43. The second-order valence-corrected chi connectivity index (χ2v) is 5.67. The number of nitrogens with zero attached hydrogens (tertiary/aromatic N) is 4. The fourth-order valence-corrected chi connectivity index (χ4v) is 2.43. The first kappa shape index (κ1) is 16.7. The summed E-state index contributed by atoms with van der Waals surface area (Å²) in [4.78, 5) is 20.5. The normalized spacial score (nSPS) is 10.7. The van der Waals surface area contributed by atoms with Crippen molar-refractivity contribution in [3.8, 4) is 5.82 Å². The average Bonchev–Trinajstić information content (AvgIpc) is 3.17. The van der Waals surface area contributed by atoms with Gasteiger partial charge in [-0.15, -0.1) is 0 Å². The highest BCUT2D eigenvalue weighted by Crippen LogP contribution is 2.13. The number of aryl methyl sites for hydroxylation is 3. The Morgan fingerprint density at radius 3 is 2.72 bits per heavy atom. The lowest BCUT2D eigenvalue weighted by Crippen LogP contribution is -2.29. The number of hydrogen-bond donors (Lipinski definition) is 2.